The third-order valence-corrected chi connectivity index (χ3v) is 6.93. The molecule has 0 bridgehead atoms. The van der Waals surface area contributed by atoms with Crippen molar-refractivity contribution in [3.8, 4) is 5.75 Å². The molecule has 39 heavy (non-hydrogen) atoms. The SMILES string of the molecule is COc1cccc(CNC(=O)c2cc(C(=O)NCc3ccc(C(=O)N(C)C4CCN(C)CC4)cc3)ncn2)c1. The zero-order chi connectivity index (χ0) is 27.8. The van der Waals surface area contributed by atoms with Crippen LogP contribution in [0.25, 0.3) is 0 Å². The maximum Gasteiger partial charge on any atom is 0.270 e. The molecule has 1 aliphatic heterocycles. The van der Waals surface area contributed by atoms with E-state index in [1.807, 2.05) is 48.3 Å². The number of aromatic nitrogens is 2. The summed E-state index contributed by atoms with van der Waals surface area (Å²) in [6, 6.07) is 16.2. The van der Waals surface area contributed by atoms with Gasteiger partial charge in [0.1, 0.15) is 23.5 Å². The van der Waals surface area contributed by atoms with Crippen molar-refractivity contribution in [1.29, 1.82) is 0 Å². The Bertz CT molecular complexity index is 1310. The number of nitrogens with one attached hydrogen (secondary N) is 2. The fraction of sp³-hybridized carbons (Fsp3) is 0.345. The fourth-order valence-corrected chi connectivity index (χ4v) is 4.45. The van der Waals surface area contributed by atoms with Gasteiger partial charge in [-0.3, -0.25) is 14.4 Å². The van der Waals surface area contributed by atoms with Crippen LogP contribution in [0.1, 0.15) is 55.3 Å². The van der Waals surface area contributed by atoms with Crippen molar-refractivity contribution in [2.24, 2.45) is 0 Å². The molecule has 2 N–H and O–H groups in total. The molecule has 4 rings (SSSR count). The molecule has 0 spiro atoms. The van der Waals surface area contributed by atoms with E-state index in [2.05, 4.69) is 32.5 Å². The lowest BCUT2D eigenvalue weighted by Gasteiger charge is -2.35. The molecule has 0 unspecified atom stereocenters. The van der Waals surface area contributed by atoms with Gasteiger partial charge in [-0.15, -0.1) is 0 Å². The number of amides is 3. The summed E-state index contributed by atoms with van der Waals surface area (Å²) in [5, 5.41) is 5.59. The summed E-state index contributed by atoms with van der Waals surface area (Å²) in [5.41, 5.74) is 2.51. The Morgan fingerprint density at radius 1 is 0.923 bits per heavy atom. The van der Waals surface area contributed by atoms with E-state index in [0.29, 0.717) is 11.3 Å². The maximum atomic E-state index is 12.9. The first-order valence-corrected chi connectivity index (χ1v) is 12.9. The quantitative estimate of drug-likeness (QED) is 0.437. The van der Waals surface area contributed by atoms with Gasteiger partial charge in [0.25, 0.3) is 17.7 Å². The molecule has 0 saturated carbocycles. The van der Waals surface area contributed by atoms with Crippen LogP contribution >= 0.6 is 0 Å². The number of nitrogens with zero attached hydrogens (tertiary/aromatic N) is 4. The molecule has 2 heterocycles. The number of likely N-dealkylation sites (tertiary alicyclic amines) is 1. The number of hydrogen-bond donors (Lipinski definition) is 2. The molecule has 0 aliphatic carbocycles. The summed E-state index contributed by atoms with van der Waals surface area (Å²) in [4.78, 5) is 50.3. The minimum atomic E-state index is -0.429. The number of benzene rings is 2. The van der Waals surface area contributed by atoms with Crippen LogP contribution in [0.3, 0.4) is 0 Å². The van der Waals surface area contributed by atoms with Crippen molar-refractivity contribution in [2.45, 2.75) is 32.0 Å². The fourth-order valence-electron chi connectivity index (χ4n) is 4.45. The highest BCUT2D eigenvalue weighted by Crippen LogP contribution is 2.17. The number of ether oxygens (including phenoxy) is 1. The number of hydrogen-bond acceptors (Lipinski definition) is 7. The molecule has 1 aromatic heterocycles. The highest BCUT2D eigenvalue weighted by Gasteiger charge is 2.24. The molecule has 3 amide bonds. The van der Waals surface area contributed by atoms with Gasteiger partial charge >= 0.3 is 0 Å². The van der Waals surface area contributed by atoms with Gasteiger partial charge in [0.2, 0.25) is 0 Å². The molecule has 0 atom stereocenters. The van der Waals surface area contributed by atoms with Crippen molar-refractivity contribution in [1.82, 2.24) is 30.4 Å². The van der Waals surface area contributed by atoms with Crippen LogP contribution < -0.4 is 15.4 Å². The number of carbonyl (C=O) groups excluding carboxylic acids is 3. The summed E-state index contributed by atoms with van der Waals surface area (Å²) in [5.74, 6) is -0.150. The Morgan fingerprint density at radius 3 is 2.15 bits per heavy atom. The Labute approximate surface area is 228 Å². The zero-order valence-corrected chi connectivity index (χ0v) is 22.5. The summed E-state index contributed by atoms with van der Waals surface area (Å²) >= 11 is 0. The van der Waals surface area contributed by atoms with Crippen LogP contribution in [0.5, 0.6) is 5.75 Å². The van der Waals surface area contributed by atoms with Gasteiger partial charge in [-0.25, -0.2) is 9.97 Å². The largest absolute Gasteiger partial charge is 0.497 e. The molecular weight excluding hydrogens is 496 g/mol. The average Bonchev–Trinajstić information content (AvgIpc) is 2.98. The Morgan fingerprint density at radius 2 is 1.54 bits per heavy atom. The van der Waals surface area contributed by atoms with Gasteiger partial charge in [-0.1, -0.05) is 24.3 Å². The molecule has 10 heteroatoms. The van der Waals surface area contributed by atoms with Crippen LogP contribution in [-0.2, 0) is 13.1 Å². The number of carbonyl (C=O) groups is 3. The van der Waals surface area contributed by atoms with Gasteiger partial charge < -0.3 is 25.2 Å². The predicted molar refractivity (Wildman–Crippen MR) is 146 cm³/mol. The Kier molecular flexibility index (Phi) is 9.22. The second kappa shape index (κ2) is 13.0. The number of rotatable bonds is 9. The van der Waals surface area contributed by atoms with E-state index in [0.717, 1.165) is 37.1 Å². The third kappa shape index (κ3) is 7.38. The van der Waals surface area contributed by atoms with Crippen molar-refractivity contribution < 1.29 is 19.1 Å². The monoisotopic (exact) mass is 530 g/mol. The molecule has 204 valence electrons. The molecular formula is C29H34N6O4. The van der Waals surface area contributed by atoms with Crippen molar-refractivity contribution in [3.05, 3.63) is 89.0 Å². The average molecular weight is 531 g/mol. The highest BCUT2D eigenvalue weighted by atomic mass is 16.5. The van der Waals surface area contributed by atoms with E-state index in [4.69, 9.17) is 4.74 Å². The third-order valence-electron chi connectivity index (χ3n) is 6.93. The topological polar surface area (TPSA) is 117 Å². The summed E-state index contributed by atoms with van der Waals surface area (Å²) in [7, 11) is 5.54. The lowest BCUT2D eigenvalue weighted by Crippen LogP contribution is -2.44. The lowest BCUT2D eigenvalue weighted by molar-refractivity contribution is 0.0659. The second-order valence-corrected chi connectivity index (χ2v) is 9.65. The van der Waals surface area contributed by atoms with Gasteiger partial charge in [0.15, 0.2) is 0 Å². The second-order valence-electron chi connectivity index (χ2n) is 9.65. The van der Waals surface area contributed by atoms with Crippen LogP contribution in [0, 0.1) is 0 Å². The van der Waals surface area contributed by atoms with Gasteiger partial charge in [0, 0.05) is 37.8 Å². The van der Waals surface area contributed by atoms with Crippen LogP contribution in [0.15, 0.2) is 60.9 Å². The summed E-state index contributed by atoms with van der Waals surface area (Å²) in [6.45, 7) is 2.51. The first-order chi connectivity index (χ1) is 18.8. The molecule has 2 aromatic carbocycles. The van der Waals surface area contributed by atoms with E-state index < -0.39 is 11.8 Å². The van der Waals surface area contributed by atoms with Gasteiger partial charge in [-0.05, 0) is 68.4 Å². The minimum Gasteiger partial charge on any atom is -0.497 e. The van der Waals surface area contributed by atoms with E-state index in [9.17, 15) is 14.4 Å². The minimum absolute atomic E-state index is 0.00154. The van der Waals surface area contributed by atoms with Crippen LogP contribution in [0.2, 0.25) is 0 Å². The zero-order valence-electron chi connectivity index (χ0n) is 22.5. The molecule has 3 aromatic rings. The first kappa shape index (κ1) is 27.7. The summed E-state index contributed by atoms with van der Waals surface area (Å²) in [6.07, 6.45) is 3.13. The normalized spacial score (nSPS) is 13.9. The Hall–Kier alpha value is -4.31. The standard InChI is InChI=1S/C29H34N6O4/c1-34-13-11-23(12-14-34)35(2)29(38)22-9-7-20(8-10-22)17-30-27(36)25-16-26(33-19-32-25)28(37)31-18-21-5-4-6-24(15-21)39-3/h4-10,15-16,19,23H,11-14,17-18H2,1-3H3,(H,30,36)(H,31,37). The van der Waals surface area contributed by atoms with Gasteiger partial charge in [-0.2, -0.15) is 0 Å². The van der Waals surface area contributed by atoms with Crippen molar-refractivity contribution in [2.75, 3.05) is 34.3 Å². The van der Waals surface area contributed by atoms with Gasteiger partial charge in [0.05, 0.1) is 7.11 Å². The lowest BCUT2D eigenvalue weighted by atomic mass is 10.0. The number of methoxy groups -OCH3 is 1. The summed E-state index contributed by atoms with van der Waals surface area (Å²) < 4.78 is 5.20. The van der Waals surface area contributed by atoms with Crippen LogP contribution in [-0.4, -0.2) is 77.8 Å². The van der Waals surface area contributed by atoms with E-state index in [-0.39, 0.29) is 36.4 Å². The maximum absolute atomic E-state index is 12.9. The van der Waals surface area contributed by atoms with E-state index >= 15 is 0 Å². The van der Waals surface area contributed by atoms with Crippen LogP contribution in [0.4, 0.5) is 0 Å². The number of piperidine rings is 1. The van der Waals surface area contributed by atoms with Crippen molar-refractivity contribution in [3.63, 3.8) is 0 Å². The van der Waals surface area contributed by atoms with E-state index in [1.165, 1.54) is 12.4 Å². The first-order valence-electron chi connectivity index (χ1n) is 12.9. The Balaban J connectivity index is 1.29. The molecule has 1 aliphatic rings. The molecule has 10 nitrogen and oxygen atoms in total. The predicted octanol–water partition coefficient (Wildman–Crippen LogP) is 2.51. The highest BCUT2D eigenvalue weighted by molar-refractivity contribution is 5.97. The smallest absolute Gasteiger partial charge is 0.270 e. The molecule has 1 saturated heterocycles. The molecule has 0 radical (unpaired) electrons. The van der Waals surface area contributed by atoms with Crippen molar-refractivity contribution >= 4 is 17.7 Å². The molecule has 1 fully saturated rings. The van der Waals surface area contributed by atoms with E-state index in [1.54, 1.807) is 19.2 Å².